The largest absolute Gasteiger partial charge is 0.633 e. The molecule has 4 heteroatoms. The van der Waals surface area contributed by atoms with E-state index in [1.807, 2.05) is 0 Å². The van der Waals surface area contributed by atoms with E-state index in [2.05, 4.69) is 61.5 Å². The Morgan fingerprint density at radius 3 is 2.73 bits per heavy atom. The van der Waals surface area contributed by atoms with Crippen molar-refractivity contribution in [3.05, 3.63) is 76.5 Å². The Bertz CT molecular complexity index is 1350. The van der Waals surface area contributed by atoms with Gasteiger partial charge >= 0.3 is 0 Å². The van der Waals surface area contributed by atoms with Crippen molar-refractivity contribution in [2.24, 2.45) is 11.3 Å². The minimum atomic E-state index is -0.937. The lowest BCUT2D eigenvalue weighted by Crippen LogP contribution is -2.58. The summed E-state index contributed by atoms with van der Waals surface area (Å²) < 4.78 is 21.2. The van der Waals surface area contributed by atoms with E-state index in [1.54, 1.807) is 0 Å². The van der Waals surface area contributed by atoms with Crippen LogP contribution >= 0.6 is 0 Å². The Kier molecular flexibility index (Phi) is 4.68. The molecular weight excluding hydrogens is 461 g/mol. The van der Waals surface area contributed by atoms with E-state index in [1.165, 1.54) is 40.3 Å². The maximum absolute atomic E-state index is 14.1. The number of fused-ring (bicyclic) bond motifs is 2. The molecule has 2 saturated carbocycles. The predicted octanol–water partition coefficient (Wildman–Crippen LogP) is 7.51. The maximum atomic E-state index is 14.1. The second kappa shape index (κ2) is 7.55. The second-order valence-corrected chi connectivity index (χ2v) is 13.5. The molecule has 0 amide bonds. The minimum Gasteiger partial charge on any atom is -0.633 e. The van der Waals surface area contributed by atoms with E-state index in [0.717, 1.165) is 38.5 Å². The van der Waals surface area contributed by atoms with E-state index in [4.69, 9.17) is 4.74 Å². The number of likely N-dealkylation sites (tertiary alicyclic amines) is 1. The SMILES string of the molecule is C[C@]12CC=C3C=C4CC[C@H]([N+]5([O-])CCC(F)C5)C[C@]45CC[C@]3(O5)[C@@H]1CC[C@@H]2c1ccc2ccccc2c1. The molecule has 0 radical (unpaired) electrons. The van der Waals surface area contributed by atoms with E-state index in [9.17, 15) is 9.60 Å². The molecule has 194 valence electrons. The number of allylic oxidation sites excluding steroid dienone is 1. The molecule has 2 unspecified atom stereocenters. The molecule has 3 heterocycles. The molecule has 2 bridgehead atoms. The van der Waals surface area contributed by atoms with Crippen LogP contribution in [0.25, 0.3) is 10.8 Å². The Hall–Kier alpha value is -2.01. The van der Waals surface area contributed by atoms with Crippen LogP contribution < -0.4 is 0 Å². The van der Waals surface area contributed by atoms with Gasteiger partial charge in [-0.3, -0.25) is 0 Å². The molecule has 2 aromatic carbocycles. The minimum absolute atomic E-state index is 0.0255. The van der Waals surface area contributed by atoms with Crippen LogP contribution in [-0.2, 0) is 4.74 Å². The first-order chi connectivity index (χ1) is 17.8. The molecule has 0 N–H and O–H groups in total. The van der Waals surface area contributed by atoms with Crippen LogP contribution in [0.1, 0.15) is 76.2 Å². The lowest BCUT2D eigenvalue weighted by Gasteiger charge is -2.56. The quantitative estimate of drug-likeness (QED) is 0.316. The van der Waals surface area contributed by atoms with Crippen molar-refractivity contribution in [3.63, 3.8) is 0 Å². The van der Waals surface area contributed by atoms with Gasteiger partial charge in [-0.05, 0) is 83.3 Å². The van der Waals surface area contributed by atoms with Crippen molar-refractivity contribution in [2.75, 3.05) is 13.1 Å². The van der Waals surface area contributed by atoms with E-state index >= 15 is 0 Å². The third-order valence-corrected chi connectivity index (χ3v) is 11.8. The molecule has 3 aliphatic carbocycles. The topological polar surface area (TPSA) is 32.3 Å². The number of nitrogens with zero attached hydrogens (tertiary/aromatic N) is 1. The molecular formula is C33H38FNO2. The number of hydrogen-bond donors (Lipinski definition) is 0. The van der Waals surface area contributed by atoms with Gasteiger partial charge in [-0.25, -0.2) is 4.39 Å². The second-order valence-electron chi connectivity index (χ2n) is 13.5. The van der Waals surface area contributed by atoms with Crippen molar-refractivity contribution in [2.45, 2.75) is 94.0 Å². The van der Waals surface area contributed by atoms with E-state index < -0.39 is 6.17 Å². The fourth-order valence-electron chi connectivity index (χ4n) is 9.96. The summed E-state index contributed by atoms with van der Waals surface area (Å²) in [5, 5.41) is 16.3. The molecule has 8 rings (SSSR count). The fourth-order valence-corrected chi connectivity index (χ4v) is 9.96. The zero-order valence-corrected chi connectivity index (χ0v) is 21.9. The van der Waals surface area contributed by atoms with Crippen LogP contribution in [0.3, 0.4) is 0 Å². The summed E-state index contributed by atoms with van der Waals surface area (Å²) in [5.41, 5.74) is 3.96. The number of quaternary nitrogens is 1. The number of ether oxygens (including phenoxy) is 1. The van der Waals surface area contributed by atoms with Gasteiger partial charge in [-0.2, -0.15) is 0 Å². The van der Waals surface area contributed by atoms with Crippen LogP contribution in [0.2, 0.25) is 0 Å². The van der Waals surface area contributed by atoms with Gasteiger partial charge in [0, 0.05) is 19.3 Å². The molecule has 2 spiro atoms. The van der Waals surface area contributed by atoms with Gasteiger partial charge in [0.2, 0.25) is 0 Å². The zero-order valence-electron chi connectivity index (χ0n) is 21.9. The van der Waals surface area contributed by atoms with Gasteiger partial charge in [0.05, 0.1) is 23.8 Å². The van der Waals surface area contributed by atoms with Crippen molar-refractivity contribution < 1.29 is 13.8 Å². The van der Waals surface area contributed by atoms with Crippen molar-refractivity contribution in [1.82, 2.24) is 0 Å². The van der Waals surface area contributed by atoms with Crippen LogP contribution in [0.4, 0.5) is 4.39 Å². The molecule has 2 aromatic rings. The van der Waals surface area contributed by atoms with Crippen LogP contribution in [0.15, 0.2) is 65.8 Å². The normalized spacial score (nSPS) is 46.2. The van der Waals surface area contributed by atoms with Gasteiger partial charge in [0.25, 0.3) is 0 Å². The predicted molar refractivity (Wildman–Crippen MR) is 145 cm³/mol. The summed E-state index contributed by atoms with van der Waals surface area (Å²) in [6.07, 6.45) is 12.6. The first kappa shape index (κ1) is 22.9. The van der Waals surface area contributed by atoms with Crippen LogP contribution in [0, 0.1) is 16.5 Å². The average Bonchev–Trinajstić information content (AvgIpc) is 3.55. The third kappa shape index (κ3) is 3.04. The Morgan fingerprint density at radius 1 is 1.03 bits per heavy atom. The van der Waals surface area contributed by atoms with Crippen molar-refractivity contribution in [1.29, 1.82) is 0 Å². The maximum Gasteiger partial charge on any atom is 0.154 e. The summed E-state index contributed by atoms with van der Waals surface area (Å²) in [6, 6.07) is 15.8. The number of alkyl halides is 1. The molecule has 3 aliphatic heterocycles. The highest BCUT2D eigenvalue weighted by atomic mass is 19.1. The van der Waals surface area contributed by atoms with Gasteiger partial charge < -0.3 is 14.6 Å². The molecule has 2 saturated heterocycles. The Balaban J connectivity index is 1.14. The number of rotatable bonds is 2. The Labute approximate surface area is 219 Å². The van der Waals surface area contributed by atoms with Crippen molar-refractivity contribution in [3.8, 4) is 0 Å². The summed E-state index contributed by atoms with van der Waals surface area (Å²) in [5.74, 6) is 1.02. The van der Waals surface area contributed by atoms with Gasteiger partial charge in [-0.15, -0.1) is 0 Å². The number of hydroxylamine groups is 3. The van der Waals surface area contributed by atoms with Crippen LogP contribution in [-0.4, -0.2) is 41.2 Å². The summed E-state index contributed by atoms with van der Waals surface area (Å²) >= 11 is 0. The number of benzene rings is 2. The first-order valence-corrected chi connectivity index (χ1v) is 14.7. The lowest BCUT2D eigenvalue weighted by atomic mass is 9.58. The van der Waals surface area contributed by atoms with Crippen molar-refractivity contribution >= 4 is 10.8 Å². The van der Waals surface area contributed by atoms with Crippen LogP contribution in [0.5, 0.6) is 0 Å². The molecule has 37 heavy (non-hydrogen) atoms. The third-order valence-electron chi connectivity index (χ3n) is 11.8. The average molecular weight is 500 g/mol. The molecule has 3 nitrogen and oxygen atoms in total. The van der Waals surface area contributed by atoms with Gasteiger partial charge in [0.1, 0.15) is 6.54 Å². The summed E-state index contributed by atoms with van der Waals surface area (Å²) in [4.78, 5) is 0. The fraction of sp³-hybridized carbons (Fsp3) is 0.576. The van der Waals surface area contributed by atoms with Gasteiger partial charge in [0.15, 0.2) is 6.17 Å². The van der Waals surface area contributed by atoms with Gasteiger partial charge in [-0.1, -0.05) is 61.5 Å². The molecule has 6 aliphatic rings. The zero-order chi connectivity index (χ0) is 25.0. The highest BCUT2D eigenvalue weighted by molar-refractivity contribution is 5.83. The number of hydrogen-bond acceptors (Lipinski definition) is 2. The Morgan fingerprint density at radius 2 is 1.89 bits per heavy atom. The molecule has 0 aromatic heterocycles. The smallest absolute Gasteiger partial charge is 0.154 e. The molecule has 8 atom stereocenters. The standard InChI is InChI=1S/C33H38FNO2/c1-31-14-12-26-19-25-8-9-28(35(36)17-13-27(34)21-35)20-32(25)15-16-33(26,37-32)30(31)11-10-29(31)24-7-6-22-4-2-3-5-23(22)18-24/h2-7,12,18-19,27-30H,8-11,13-17,20-21H2,1H3/t27?,28-,29+,30+,31+,32+,33+,35?/m0/s1. The van der Waals surface area contributed by atoms with E-state index in [-0.39, 0.29) is 33.9 Å². The summed E-state index contributed by atoms with van der Waals surface area (Å²) in [7, 11) is 0. The highest BCUT2D eigenvalue weighted by Crippen LogP contribution is 2.69. The molecule has 4 fully saturated rings. The first-order valence-electron chi connectivity index (χ1n) is 14.7. The summed E-state index contributed by atoms with van der Waals surface area (Å²) in [6.45, 7) is 3.10. The number of halogens is 1. The highest BCUT2D eigenvalue weighted by Gasteiger charge is 2.67. The monoisotopic (exact) mass is 499 g/mol. The van der Waals surface area contributed by atoms with E-state index in [0.29, 0.717) is 24.8 Å². The lowest BCUT2D eigenvalue weighted by molar-refractivity contribution is -0.896.